The normalized spacial score (nSPS) is 14.8. The van der Waals surface area contributed by atoms with Crippen molar-refractivity contribution in [3.63, 3.8) is 0 Å². The van der Waals surface area contributed by atoms with Crippen molar-refractivity contribution < 1.29 is 19.1 Å². The topological polar surface area (TPSA) is 96.9 Å². The molecule has 3 aromatic rings. The molecular weight excluding hydrogens is 470 g/mol. The summed E-state index contributed by atoms with van der Waals surface area (Å²) in [5, 5.41) is 3.26. The van der Waals surface area contributed by atoms with E-state index < -0.39 is 5.60 Å². The van der Waals surface area contributed by atoms with Gasteiger partial charge in [-0.15, -0.1) is 0 Å². The highest BCUT2D eigenvalue weighted by Gasteiger charge is 2.29. The summed E-state index contributed by atoms with van der Waals surface area (Å²) in [6.45, 7) is 7.58. The summed E-state index contributed by atoms with van der Waals surface area (Å²) >= 11 is 0. The van der Waals surface area contributed by atoms with Crippen LogP contribution in [0, 0.1) is 0 Å². The van der Waals surface area contributed by atoms with E-state index in [0.29, 0.717) is 44.1 Å². The SMILES string of the molecule is COc1ccc(CN2Cc3cc(Nc4ncc5c(n4)CN(C(=O)OC(C)(C)C)CC5)ccc3C2=O)cc1. The smallest absolute Gasteiger partial charge is 0.410 e. The molecule has 0 radical (unpaired) electrons. The summed E-state index contributed by atoms with van der Waals surface area (Å²) in [5.41, 5.74) is 4.79. The first-order chi connectivity index (χ1) is 17.7. The molecule has 2 aromatic carbocycles. The van der Waals surface area contributed by atoms with Gasteiger partial charge >= 0.3 is 6.09 Å². The lowest BCUT2D eigenvalue weighted by Crippen LogP contribution is -2.40. The lowest BCUT2D eigenvalue weighted by molar-refractivity contribution is 0.0220. The average molecular weight is 502 g/mol. The van der Waals surface area contributed by atoms with Gasteiger partial charge in [0.2, 0.25) is 5.95 Å². The van der Waals surface area contributed by atoms with Gasteiger partial charge in [0, 0.05) is 37.1 Å². The van der Waals surface area contributed by atoms with Gasteiger partial charge in [-0.05, 0) is 74.2 Å². The minimum absolute atomic E-state index is 0.0182. The maximum Gasteiger partial charge on any atom is 0.410 e. The van der Waals surface area contributed by atoms with Crippen LogP contribution in [-0.2, 0) is 30.8 Å². The van der Waals surface area contributed by atoms with E-state index in [1.54, 1.807) is 12.0 Å². The highest BCUT2D eigenvalue weighted by atomic mass is 16.6. The fraction of sp³-hybridized carbons (Fsp3) is 0.357. The Balaban J connectivity index is 1.26. The van der Waals surface area contributed by atoms with Crippen LogP contribution in [0.1, 0.15) is 53.5 Å². The summed E-state index contributed by atoms with van der Waals surface area (Å²) in [6.07, 6.45) is 2.15. The summed E-state index contributed by atoms with van der Waals surface area (Å²) in [5.74, 6) is 1.26. The van der Waals surface area contributed by atoms with Gasteiger partial charge in [0.25, 0.3) is 5.91 Å². The Hall–Kier alpha value is -4.14. The van der Waals surface area contributed by atoms with Crippen LogP contribution in [0.3, 0.4) is 0 Å². The van der Waals surface area contributed by atoms with Crippen molar-refractivity contribution >= 4 is 23.6 Å². The summed E-state index contributed by atoms with van der Waals surface area (Å²) in [6, 6.07) is 13.4. The number of carbonyl (C=O) groups is 2. The molecule has 0 spiro atoms. The van der Waals surface area contributed by atoms with E-state index in [4.69, 9.17) is 9.47 Å². The Labute approximate surface area is 216 Å². The molecule has 2 aliphatic rings. The lowest BCUT2D eigenvalue weighted by Gasteiger charge is -2.30. The summed E-state index contributed by atoms with van der Waals surface area (Å²) in [7, 11) is 1.63. The predicted molar refractivity (Wildman–Crippen MR) is 139 cm³/mol. The van der Waals surface area contributed by atoms with Crippen molar-refractivity contribution in [1.82, 2.24) is 19.8 Å². The third-order valence-corrected chi connectivity index (χ3v) is 6.37. The van der Waals surface area contributed by atoms with E-state index in [9.17, 15) is 9.59 Å². The number of anilines is 2. The number of rotatable bonds is 5. The Morgan fingerprint density at radius 1 is 1.08 bits per heavy atom. The van der Waals surface area contributed by atoms with Crippen molar-refractivity contribution in [3.05, 3.63) is 76.6 Å². The minimum atomic E-state index is -0.547. The molecule has 0 saturated heterocycles. The van der Waals surface area contributed by atoms with Crippen molar-refractivity contribution in [2.75, 3.05) is 19.0 Å². The fourth-order valence-corrected chi connectivity index (χ4v) is 4.51. The number of carbonyl (C=O) groups excluding carboxylic acids is 2. The molecule has 3 heterocycles. The second kappa shape index (κ2) is 9.72. The molecule has 0 saturated carbocycles. The van der Waals surface area contributed by atoms with Crippen LogP contribution in [0.2, 0.25) is 0 Å². The molecule has 0 unspecified atom stereocenters. The second-order valence-electron chi connectivity index (χ2n) is 10.3. The van der Waals surface area contributed by atoms with Gasteiger partial charge in [-0.2, -0.15) is 0 Å². The highest BCUT2D eigenvalue weighted by molar-refractivity contribution is 5.98. The van der Waals surface area contributed by atoms with Crippen molar-refractivity contribution in [3.8, 4) is 5.75 Å². The van der Waals surface area contributed by atoms with Crippen molar-refractivity contribution in [2.45, 2.75) is 52.4 Å². The van der Waals surface area contributed by atoms with Gasteiger partial charge in [-0.25, -0.2) is 14.8 Å². The monoisotopic (exact) mass is 501 g/mol. The number of nitrogens with one attached hydrogen (secondary N) is 1. The second-order valence-corrected chi connectivity index (χ2v) is 10.3. The molecule has 0 bridgehead atoms. The molecule has 9 nitrogen and oxygen atoms in total. The number of hydrogen-bond acceptors (Lipinski definition) is 7. The number of methoxy groups -OCH3 is 1. The third kappa shape index (κ3) is 5.50. The van der Waals surface area contributed by atoms with Gasteiger partial charge in [0.15, 0.2) is 0 Å². The first-order valence-corrected chi connectivity index (χ1v) is 12.3. The minimum Gasteiger partial charge on any atom is -0.497 e. The molecule has 0 atom stereocenters. The van der Waals surface area contributed by atoms with E-state index in [0.717, 1.165) is 33.8 Å². The fourth-order valence-electron chi connectivity index (χ4n) is 4.51. The summed E-state index contributed by atoms with van der Waals surface area (Å²) < 4.78 is 10.7. The number of hydrogen-bond donors (Lipinski definition) is 1. The number of ether oxygens (including phenoxy) is 2. The molecular formula is C28H31N5O4. The Kier molecular flexibility index (Phi) is 6.45. The lowest BCUT2D eigenvalue weighted by atomic mass is 10.1. The van der Waals surface area contributed by atoms with Gasteiger partial charge in [0.05, 0.1) is 19.3 Å². The number of nitrogens with zero attached hydrogens (tertiary/aromatic N) is 4. The largest absolute Gasteiger partial charge is 0.497 e. The first-order valence-electron chi connectivity index (χ1n) is 12.3. The van der Waals surface area contributed by atoms with E-state index >= 15 is 0 Å². The maximum absolute atomic E-state index is 12.9. The number of amides is 2. The van der Waals surface area contributed by atoms with E-state index in [2.05, 4.69) is 15.3 Å². The number of benzene rings is 2. The van der Waals surface area contributed by atoms with Crippen LogP contribution in [0.15, 0.2) is 48.7 Å². The molecule has 1 aromatic heterocycles. The maximum atomic E-state index is 12.9. The van der Waals surface area contributed by atoms with Crippen LogP contribution in [0.4, 0.5) is 16.4 Å². The average Bonchev–Trinajstić information content (AvgIpc) is 3.17. The zero-order valence-corrected chi connectivity index (χ0v) is 21.6. The quantitative estimate of drug-likeness (QED) is 0.542. The molecule has 192 valence electrons. The zero-order valence-electron chi connectivity index (χ0n) is 21.6. The van der Waals surface area contributed by atoms with E-state index in [1.165, 1.54) is 0 Å². The van der Waals surface area contributed by atoms with Crippen LogP contribution in [0.5, 0.6) is 5.75 Å². The molecule has 2 aliphatic heterocycles. The standard InChI is InChI=1S/C28H31N5O4/c1-28(2,3)37-27(35)32-12-11-19-14-29-26(31-24(19)17-32)30-21-7-10-23-20(13-21)16-33(25(23)34)15-18-5-8-22(36-4)9-6-18/h5-10,13-14H,11-12,15-17H2,1-4H3,(H,29,30,31). The van der Waals surface area contributed by atoms with Crippen LogP contribution >= 0.6 is 0 Å². The van der Waals surface area contributed by atoms with Gasteiger partial charge < -0.3 is 24.6 Å². The molecule has 0 fully saturated rings. The third-order valence-electron chi connectivity index (χ3n) is 6.37. The number of aromatic nitrogens is 2. The van der Waals surface area contributed by atoms with Crippen molar-refractivity contribution in [1.29, 1.82) is 0 Å². The van der Waals surface area contributed by atoms with Gasteiger partial charge in [-0.1, -0.05) is 12.1 Å². The molecule has 2 amide bonds. The van der Waals surface area contributed by atoms with Crippen LogP contribution in [0.25, 0.3) is 0 Å². The van der Waals surface area contributed by atoms with Gasteiger partial charge in [0.1, 0.15) is 11.4 Å². The van der Waals surface area contributed by atoms with Crippen LogP contribution < -0.4 is 10.1 Å². The predicted octanol–water partition coefficient (Wildman–Crippen LogP) is 4.68. The molecule has 5 rings (SSSR count). The molecule has 9 heteroatoms. The van der Waals surface area contributed by atoms with E-state index in [1.807, 2.05) is 74.3 Å². The van der Waals surface area contributed by atoms with Crippen molar-refractivity contribution in [2.24, 2.45) is 0 Å². The molecule has 0 aliphatic carbocycles. The molecule has 37 heavy (non-hydrogen) atoms. The number of fused-ring (bicyclic) bond motifs is 2. The Morgan fingerprint density at radius 3 is 2.59 bits per heavy atom. The van der Waals surface area contributed by atoms with Crippen LogP contribution in [-0.4, -0.2) is 51.0 Å². The van der Waals surface area contributed by atoms with Gasteiger partial charge in [-0.3, -0.25) is 4.79 Å². The Morgan fingerprint density at radius 2 is 1.86 bits per heavy atom. The first kappa shape index (κ1) is 24.5. The molecule has 1 N–H and O–H groups in total. The van der Waals surface area contributed by atoms with E-state index in [-0.39, 0.29) is 12.0 Å². The zero-order chi connectivity index (χ0) is 26.2. The Bertz CT molecular complexity index is 1330. The highest BCUT2D eigenvalue weighted by Crippen LogP contribution is 2.29. The summed E-state index contributed by atoms with van der Waals surface area (Å²) in [4.78, 5) is 38.1.